The molecule has 0 amide bonds. The second kappa shape index (κ2) is 5.10. The van der Waals surface area contributed by atoms with Crippen LogP contribution in [-0.2, 0) is 15.0 Å². The maximum atomic E-state index is 3.80. The molecule has 142 valence electrons. The molecular formula is C21H33BrN2SiZr. The molecule has 0 fully saturated rings. The summed E-state index contributed by atoms with van der Waals surface area (Å²) < 4.78 is 13.8. The molecule has 0 saturated carbocycles. The van der Waals surface area contributed by atoms with E-state index in [0.29, 0.717) is 3.63 Å². The molecule has 1 atom stereocenters. The van der Waals surface area contributed by atoms with Gasteiger partial charge in [-0.3, -0.25) is 0 Å². The normalized spacial score (nSPS) is 23.9. The zero-order chi connectivity index (χ0) is 19.7. The fourth-order valence-electron chi connectivity index (χ4n) is 5.98. The van der Waals surface area contributed by atoms with E-state index in [-0.39, 0.29) is 0 Å². The zero-order valence-corrected chi connectivity index (χ0v) is 22.8. The molecule has 5 heteroatoms. The monoisotopic (exact) mass is 510 g/mol. The molecule has 2 aliphatic rings. The first-order valence-electron chi connectivity index (χ1n) is 9.43. The molecule has 3 rings (SSSR count). The number of rotatable bonds is 4. The fraction of sp³-hybridized carbons (Fsp3) is 0.429. The first-order chi connectivity index (χ1) is 11.8. The number of halogens is 1. The van der Waals surface area contributed by atoms with Crippen LogP contribution in [0.5, 0.6) is 0 Å². The topological polar surface area (TPSA) is 6.48 Å². The summed E-state index contributed by atoms with van der Waals surface area (Å²) in [6.07, 6.45) is 10.4. The van der Waals surface area contributed by atoms with E-state index in [1.165, 1.54) is 21.2 Å². The third kappa shape index (κ3) is 1.92. The van der Waals surface area contributed by atoms with Gasteiger partial charge in [-0.1, -0.05) is 0 Å². The number of hydrogen-bond donors (Lipinski definition) is 0. The van der Waals surface area contributed by atoms with Crippen LogP contribution in [0.1, 0.15) is 28.1 Å². The van der Waals surface area contributed by atoms with Crippen LogP contribution in [0.4, 0.5) is 0 Å². The van der Waals surface area contributed by atoms with Crippen molar-refractivity contribution in [3.05, 3.63) is 60.9 Å². The Morgan fingerprint density at radius 1 is 1.12 bits per heavy atom. The van der Waals surface area contributed by atoms with Crippen molar-refractivity contribution < 1.29 is 15.0 Å². The molecule has 1 aromatic rings. The number of nitrogens with zero attached hydrogens (tertiary/aromatic N) is 2. The van der Waals surface area contributed by atoms with E-state index in [9.17, 15) is 0 Å². The van der Waals surface area contributed by atoms with E-state index >= 15 is 0 Å². The van der Waals surface area contributed by atoms with Gasteiger partial charge in [0.05, 0.1) is 0 Å². The second-order valence-corrected chi connectivity index (χ2v) is 58.3. The predicted molar refractivity (Wildman–Crippen MR) is 120 cm³/mol. The molecule has 1 unspecified atom stereocenters. The molecule has 1 aromatic carbocycles. The van der Waals surface area contributed by atoms with Gasteiger partial charge in [0.25, 0.3) is 0 Å². The first kappa shape index (κ1) is 20.7. The van der Waals surface area contributed by atoms with Gasteiger partial charge in [0.1, 0.15) is 0 Å². The minimum absolute atomic E-state index is 0.369. The quantitative estimate of drug-likeness (QED) is 0.518. The van der Waals surface area contributed by atoms with E-state index in [2.05, 4.69) is 115 Å². The van der Waals surface area contributed by atoms with Crippen LogP contribution in [0.2, 0.25) is 9.26 Å². The Balaban J connectivity index is 2.59. The summed E-state index contributed by atoms with van der Waals surface area (Å²) in [5, 5.41) is 0. The fourth-order valence-corrected chi connectivity index (χ4v) is 32.4. The van der Waals surface area contributed by atoms with Crippen molar-refractivity contribution in [2.75, 3.05) is 28.2 Å². The van der Waals surface area contributed by atoms with Gasteiger partial charge < -0.3 is 0 Å². The molecule has 0 saturated heterocycles. The molecule has 2 aliphatic carbocycles. The van der Waals surface area contributed by atoms with Gasteiger partial charge in [-0.25, -0.2) is 0 Å². The van der Waals surface area contributed by atoms with Crippen LogP contribution < -0.4 is 0 Å². The van der Waals surface area contributed by atoms with E-state index in [4.69, 9.17) is 0 Å². The van der Waals surface area contributed by atoms with Gasteiger partial charge in [0.2, 0.25) is 0 Å². The number of allylic oxidation sites excluding steroid dienone is 5. The zero-order valence-electron chi connectivity index (χ0n) is 17.3. The summed E-state index contributed by atoms with van der Waals surface area (Å²) in [4.78, 5) is 0. The van der Waals surface area contributed by atoms with Crippen LogP contribution in [0.15, 0.2) is 49.8 Å². The predicted octanol–water partition coefficient (Wildman–Crippen LogP) is 5.11. The van der Waals surface area contributed by atoms with Crippen molar-refractivity contribution in [1.29, 1.82) is 0 Å². The number of hydrogen-bond acceptors (Lipinski definition) is 2. The first-order valence-corrected chi connectivity index (χ1v) is 25.9. The Labute approximate surface area is 163 Å². The van der Waals surface area contributed by atoms with Crippen molar-refractivity contribution in [2.45, 2.75) is 26.2 Å². The standard InChI is InChI=1S/C10H8Br.C5H5.2C2H6N.2CH3.H2Si.Zr/c1-7-5-8-3-2-4-10(11)9(8)6-7;1-2-4-5-3-1;2*1-3-2;;;;/h2-6H,1H3;1-3H,4H2;2*1-2H3;2*1H3;1H2;/q;;2*-1;;;;+2. The van der Waals surface area contributed by atoms with Gasteiger partial charge in [-0.15, -0.1) is 0 Å². The molecule has 0 aromatic heterocycles. The molecule has 0 spiro atoms. The van der Waals surface area contributed by atoms with Crippen molar-refractivity contribution >= 4 is 28.9 Å². The van der Waals surface area contributed by atoms with Crippen LogP contribution in [0, 0.1) is 0 Å². The molecule has 0 N–H and O–H groups in total. The van der Waals surface area contributed by atoms with E-state index in [0.717, 1.165) is 6.42 Å². The van der Waals surface area contributed by atoms with Gasteiger partial charge in [-0.2, -0.15) is 0 Å². The van der Waals surface area contributed by atoms with Gasteiger partial charge in [0.15, 0.2) is 0 Å². The third-order valence-electron chi connectivity index (χ3n) is 9.31. The van der Waals surface area contributed by atoms with Crippen LogP contribution in [-0.4, -0.2) is 40.8 Å². The second-order valence-electron chi connectivity index (χ2n) is 10.8. The molecule has 2 nitrogen and oxygen atoms in total. The van der Waals surface area contributed by atoms with E-state index in [1.807, 2.05) is 0 Å². The maximum absolute atomic E-state index is 4.91. The minimum atomic E-state index is -4.91. The average molecular weight is 513 g/mol. The van der Waals surface area contributed by atoms with Crippen molar-refractivity contribution in [3.8, 4) is 0 Å². The Kier molecular flexibility index (Phi) is 4.05. The molecule has 26 heavy (non-hydrogen) atoms. The molecule has 0 heterocycles. The number of fused-ring (bicyclic) bond motifs is 1. The summed E-state index contributed by atoms with van der Waals surface area (Å²) in [6.45, 7) is 4.66. The van der Waals surface area contributed by atoms with Gasteiger partial charge >= 0.3 is 165 Å². The SMILES string of the molecule is CC1=Cc2c(Br)cccc2[CH]1[Zr]([CH3])([CH3])(=[SiH2])([C]1=CC=CC1)([N](C)C)[N](C)C. The molecule has 0 aliphatic heterocycles. The van der Waals surface area contributed by atoms with Crippen molar-refractivity contribution in [3.63, 3.8) is 0 Å². The van der Waals surface area contributed by atoms with E-state index < -0.39 is 15.0 Å². The molecular weight excluding hydrogens is 479 g/mol. The summed E-state index contributed by atoms with van der Waals surface area (Å²) in [5.74, 6) is 0. The summed E-state index contributed by atoms with van der Waals surface area (Å²) in [7, 11) is 9.27. The van der Waals surface area contributed by atoms with Crippen molar-refractivity contribution in [1.82, 2.24) is 5.69 Å². The average Bonchev–Trinajstić information content (AvgIpc) is 3.16. The van der Waals surface area contributed by atoms with Crippen LogP contribution in [0.25, 0.3) is 6.08 Å². The third-order valence-corrected chi connectivity index (χ3v) is 56.4. The van der Waals surface area contributed by atoms with Crippen LogP contribution in [0.3, 0.4) is 0 Å². The summed E-state index contributed by atoms with van der Waals surface area (Å²) in [6, 6.07) is 6.71. The molecule has 0 bridgehead atoms. The summed E-state index contributed by atoms with van der Waals surface area (Å²) >= 11 is -1.10. The van der Waals surface area contributed by atoms with E-state index in [1.54, 1.807) is 3.28 Å². The molecule has 0 radical (unpaired) electrons. The summed E-state index contributed by atoms with van der Waals surface area (Å²) in [5.41, 5.74) is 4.30. The Bertz CT molecular complexity index is 1020. The Hall–Kier alpha value is -0.0600. The number of benzene rings is 1. The van der Waals surface area contributed by atoms with Gasteiger partial charge in [0, 0.05) is 0 Å². The van der Waals surface area contributed by atoms with Crippen molar-refractivity contribution in [2.24, 2.45) is 0 Å². The Morgan fingerprint density at radius 2 is 1.73 bits per heavy atom. The van der Waals surface area contributed by atoms with Gasteiger partial charge in [-0.05, 0) is 0 Å². The Morgan fingerprint density at radius 3 is 2.23 bits per heavy atom. The van der Waals surface area contributed by atoms with Crippen LogP contribution >= 0.6 is 15.9 Å².